The van der Waals surface area contributed by atoms with Crippen LogP contribution in [-0.2, 0) is 14.8 Å². The van der Waals surface area contributed by atoms with Crippen molar-refractivity contribution in [2.75, 3.05) is 31.2 Å². The normalized spacial score (nSPS) is 17.4. The Kier molecular flexibility index (Phi) is 4.92. The number of benzene rings is 2. The van der Waals surface area contributed by atoms with Crippen LogP contribution in [0.25, 0.3) is 21.9 Å². The number of anilines is 1. The van der Waals surface area contributed by atoms with E-state index >= 15 is 0 Å². The van der Waals surface area contributed by atoms with Gasteiger partial charge in [-0.25, -0.2) is 13.1 Å². The predicted molar refractivity (Wildman–Crippen MR) is 116 cm³/mol. The molecule has 1 N–H and O–H groups in total. The van der Waals surface area contributed by atoms with Gasteiger partial charge < -0.3 is 9.64 Å². The van der Waals surface area contributed by atoms with Crippen molar-refractivity contribution in [1.29, 1.82) is 0 Å². The van der Waals surface area contributed by atoms with Crippen molar-refractivity contribution >= 4 is 26.6 Å². The molecule has 0 unspecified atom stereocenters. The summed E-state index contributed by atoms with van der Waals surface area (Å²) >= 11 is 0. The second kappa shape index (κ2) is 7.61. The number of hydrogen-bond donors (Lipinski definition) is 1. The quantitative estimate of drug-likeness (QED) is 0.678. The predicted octanol–water partition coefficient (Wildman–Crippen LogP) is 2.88. The van der Waals surface area contributed by atoms with Gasteiger partial charge in [-0.2, -0.15) is 5.10 Å². The molecule has 0 amide bonds. The van der Waals surface area contributed by atoms with Crippen molar-refractivity contribution in [2.45, 2.75) is 30.7 Å². The van der Waals surface area contributed by atoms with E-state index in [2.05, 4.69) is 25.9 Å². The number of nitrogens with zero attached hydrogens (tertiary/aromatic N) is 3. The lowest BCUT2D eigenvalue weighted by Crippen LogP contribution is -2.37. The van der Waals surface area contributed by atoms with E-state index in [4.69, 9.17) is 4.74 Å². The highest BCUT2D eigenvalue weighted by Gasteiger charge is 2.28. The minimum Gasteiger partial charge on any atom is -0.378 e. The molecule has 2 fully saturated rings. The van der Waals surface area contributed by atoms with Crippen LogP contribution in [0.4, 0.5) is 5.82 Å². The van der Waals surface area contributed by atoms with Gasteiger partial charge >= 0.3 is 0 Å². The number of hydrogen-bond acceptors (Lipinski definition) is 6. The average molecular weight is 425 g/mol. The first kappa shape index (κ1) is 19.4. The van der Waals surface area contributed by atoms with Crippen LogP contribution in [0.2, 0.25) is 0 Å². The van der Waals surface area contributed by atoms with Crippen molar-refractivity contribution in [3.63, 3.8) is 0 Å². The first-order valence-corrected chi connectivity index (χ1v) is 11.7. The van der Waals surface area contributed by atoms with Gasteiger partial charge in [0.15, 0.2) is 5.82 Å². The number of aromatic nitrogens is 2. The lowest BCUT2D eigenvalue weighted by Gasteiger charge is -2.28. The highest BCUT2D eigenvalue weighted by atomic mass is 32.2. The number of ether oxygens (including phenoxy) is 1. The highest BCUT2D eigenvalue weighted by molar-refractivity contribution is 7.89. The topological polar surface area (TPSA) is 84.4 Å². The summed E-state index contributed by atoms with van der Waals surface area (Å²) < 4.78 is 33.5. The highest BCUT2D eigenvalue weighted by Crippen LogP contribution is 2.32. The fourth-order valence-electron chi connectivity index (χ4n) is 3.82. The molecule has 1 aliphatic carbocycles. The summed E-state index contributed by atoms with van der Waals surface area (Å²) in [5.41, 5.74) is 2.89. The van der Waals surface area contributed by atoms with E-state index in [1.807, 2.05) is 25.1 Å². The first-order chi connectivity index (χ1) is 14.5. The molecule has 0 bridgehead atoms. The van der Waals surface area contributed by atoms with Crippen LogP contribution in [0, 0.1) is 6.92 Å². The van der Waals surface area contributed by atoms with Gasteiger partial charge in [0.05, 0.1) is 24.3 Å². The van der Waals surface area contributed by atoms with Crippen LogP contribution in [-0.4, -0.2) is 51.0 Å². The molecule has 2 aliphatic rings. The van der Waals surface area contributed by atoms with Gasteiger partial charge in [0.2, 0.25) is 10.0 Å². The standard InChI is InChI=1S/C22H24N4O3S/c1-15-2-6-19(30(27,28)25-18-4-5-18)13-21(15)16-3-7-20-17(12-16)14-23-24-22(20)26-8-10-29-11-9-26/h2-3,6-7,12-14,18,25H,4-5,8-11H2,1H3. The number of nitrogens with one attached hydrogen (secondary N) is 1. The van der Waals surface area contributed by atoms with Gasteiger partial charge in [0, 0.05) is 29.9 Å². The molecule has 1 aliphatic heterocycles. The molecule has 7 nitrogen and oxygen atoms in total. The summed E-state index contributed by atoms with van der Waals surface area (Å²) in [6.07, 6.45) is 3.58. The molecular formula is C22H24N4O3S. The molecule has 1 saturated carbocycles. The van der Waals surface area contributed by atoms with E-state index in [0.29, 0.717) is 18.1 Å². The molecule has 5 rings (SSSR count). The summed E-state index contributed by atoms with van der Waals surface area (Å²) in [5, 5.41) is 10.6. The summed E-state index contributed by atoms with van der Waals surface area (Å²) in [6, 6.07) is 11.5. The Morgan fingerprint density at radius 2 is 1.90 bits per heavy atom. The fourth-order valence-corrected chi connectivity index (χ4v) is 5.15. The zero-order chi connectivity index (χ0) is 20.7. The number of aryl methyl sites for hydroxylation is 1. The van der Waals surface area contributed by atoms with Crippen molar-refractivity contribution < 1.29 is 13.2 Å². The van der Waals surface area contributed by atoms with Crippen molar-refractivity contribution in [1.82, 2.24) is 14.9 Å². The van der Waals surface area contributed by atoms with Crippen LogP contribution >= 0.6 is 0 Å². The minimum atomic E-state index is -3.50. The van der Waals surface area contributed by atoms with Gasteiger partial charge in [-0.3, -0.25) is 0 Å². The molecule has 0 spiro atoms. The third-order valence-corrected chi connectivity index (χ3v) is 7.20. The molecule has 0 radical (unpaired) electrons. The molecule has 1 saturated heterocycles. The Labute approximate surface area is 176 Å². The SMILES string of the molecule is Cc1ccc(S(=O)(=O)NC2CC2)cc1-c1ccc2c(N3CCOCC3)nncc2c1. The monoisotopic (exact) mass is 424 g/mol. The smallest absolute Gasteiger partial charge is 0.240 e. The van der Waals surface area contributed by atoms with Crippen LogP contribution < -0.4 is 9.62 Å². The summed E-state index contributed by atoms with van der Waals surface area (Å²) in [6.45, 7) is 4.95. The Bertz CT molecular complexity index is 1200. The van der Waals surface area contributed by atoms with Crippen molar-refractivity contribution in [3.8, 4) is 11.1 Å². The second-order valence-corrected chi connectivity index (χ2v) is 9.66. The molecule has 0 atom stereocenters. The van der Waals surface area contributed by atoms with E-state index in [0.717, 1.165) is 59.2 Å². The molecule has 156 valence electrons. The van der Waals surface area contributed by atoms with Gasteiger partial charge in [-0.1, -0.05) is 12.1 Å². The van der Waals surface area contributed by atoms with Crippen molar-refractivity contribution in [3.05, 3.63) is 48.2 Å². The maximum atomic E-state index is 12.7. The number of morpholine rings is 1. The third-order valence-electron chi connectivity index (χ3n) is 5.68. The summed E-state index contributed by atoms with van der Waals surface area (Å²) in [5.74, 6) is 0.865. The molecular weight excluding hydrogens is 400 g/mol. The van der Waals surface area contributed by atoms with Crippen LogP contribution in [0.1, 0.15) is 18.4 Å². The maximum Gasteiger partial charge on any atom is 0.240 e. The largest absolute Gasteiger partial charge is 0.378 e. The van der Waals surface area contributed by atoms with Crippen LogP contribution in [0.5, 0.6) is 0 Å². The van der Waals surface area contributed by atoms with E-state index in [9.17, 15) is 8.42 Å². The number of sulfonamides is 1. The summed E-state index contributed by atoms with van der Waals surface area (Å²) in [7, 11) is -3.50. The lowest BCUT2D eigenvalue weighted by atomic mass is 9.98. The molecule has 3 aromatic rings. The Morgan fingerprint density at radius 1 is 1.10 bits per heavy atom. The Hall–Kier alpha value is -2.55. The maximum absolute atomic E-state index is 12.7. The Balaban J connectivity index is 1.54. The third kappa shape index (κ3) is 3.78. The molecule has 30 heavy (non-hydrogen) atoms. The zero-order valence-corrected chi connectivity index (χ0v) is 17.7. The number of rotatable bonds is 5. The molecule has 2 aromatic carbocycles. The average Bonchev–Trinajstić information content (AvgIpc) is 3.57. The first-order valence-electron chi connectivity index (χ1n) is 10.2. The zero-order valence-electron chi connectivity index (χ0n) is 16.8. The van der Waals surface area contributed by atoms with E-state index < -0.39 is 10.0 Å². The van der Waals surface area contributed by atoms with Crippen LogP contribution in [0.15, 0.2) is 47.5 Å². The van der Waals surface area contributed by atoms with E-state index in [1.54, 1.807) is 18.3 Å². The second-order valence-electron chi connectivity index (χ2n) is 7.94. The Morgan fingerprint density at radius 3 is 2.67 bits per heavy atom. The summed E-state index contributed by atoms with van der Waals surface area (Å²) in [4.78, 5) is 2.50. The van der Waals surface area contributed by atoms with E-state index in [-0.39, 0.29) is 6.04 Å². The lowest BCUT2D eigenvalue weighted by molar-refractivity contribution is 0.122. The molecule has 1 aromatic heterocycles. The van der Waals surface area contributed by atoms with E-state index in [1.165, 1.54) is 0 Å². The fraction of sp³-hybridized carbons (Fsp3) is 0.364. The van der Waals surface area contributed by atoms with Gasteiger partial charge in [-0.15, -0.1) is 5.10 Å². The molecule has 8 heteroatoms. The van der Waals surface area contributed by atoms with Gasteiger partial charge in [0.25, 0.3) is 0 Å². The molecule has 2 heterocycles. The number of fused-ring (bicyclic) bond motifs is 1. The van der Waals surface area contributed by atoms with Gasteiger partial charge in [0.1, 0.15) is 0 Å². The van der Waals surface area contributed by atoms with Crippen molar-refractivity contribution in [2.24, 2.45) is 0 Å². The van der Waals surface area contributed by atoms with Gasteiger partial charge in [-0.05, 0) is 60.7 Å². The van der Waals surface area contributed by atoms with Crippen LogP contribution in [0.3, 0.4) is 0 Å². The minimum absolute atomic E-state index is 0.0811.